The fraction of sp³-hybridized carbons (Fsp3) is 0.263. The van der Waals surface area contributed by atoms with Crippen LogP contribution in [0.3, 0.4) is 0 Å². The smallest absolute Gasteiger partial charge is 0.416 e. The minimum absolute atomic E-state index is 0.0690. The molecular formula is C19H18F3N3O2. The summed E-state index contributed by atoms with van der Waals surface area (Å²) in [7, 11) is 0. The highest BCUT2D eigenvalue weighted by atomic mass is 19.4. The molecule has 0 fully saturated rings. The lowest BCUT2D eigenvalue weighted by atomic mass is 10.1. The average Bonchev–Trinajstić information content (AvgIpc) is 2.64. The second kappa shape index (κ2) is 7.79. The number of aryl methyl sites for hydroxylation is 1. The Balaban J connectivity index is 1.56. The first kappa shape index (κ1) is 18.9. The molecule has 1 heterocycles. The lowest BCUT2D eigenvalue weighted by Gasteiger charge is -2.15. The van der Waals surface area contributed by atoms with E-state index in [0.29, 0.717) is 5.82 Å². The number of alkyl halides is 3. The van der Waals surface area contributed by atoms with Crippen molar-refractivity contribution in [1.29, 1.82) is 0 Å². The fourth-order valence-corrected chi connectivity index (χ4v) is 2.52. The number of nitrogens with zero attached hydrogens (tertiary/aromatic N) is 2. The van der Waals surface area contributed by atoms with Crippen molar-refractivity contribution in [2.45, 2.75) is 19.2 Å². The van der Waals surface area contributed by atoms with Gasteiger partial charge in [-0.3, -0.25) is 0 Å². The largest absolute Gasteiger partial charge is 0.491 e. The summed E-state index contributed by atoms with van der Waals surface area (Å²) in [5, 5.41) is 14.0. The molecule has 0 radical (unpaired) electrons. The van der Waals surface area contributed by atoms with Crippen molar-refractivity contribution >= 4 is 16.7 Å². The Bertz CT molecular complexity index is 914. The van der Waals surface area contributed by atoms with Gasteiger partial charge in [-0.1, -0.05) is 11.6 Å². The summed E-state index contributed by atoms with van der Waals surface area (Å²) < 4.78 is 42.9. The lowest BCUT2D eigenvalue weighted by Crippen LogP contribution is -2.26. The standard InChI is InChI=1S/C19H18F3N3O2/c1-12-2-7-17-16(8-12)18(25-11-24-17)23-9-14(26)10-27-15-5-3-13(4-6-15)19(20,21)22/h2-8,11,14,26H,9-10H2,1H3,(H,23,24,25). The summed E-state index contributed by atoms with van der Waals surface area (Å²) in [4.78, 5) is 8.38. The maximum Gasteiger partial charge on any atom is 0.416 e. The maximum atomic E-state index is 12.5. The van der Waals surface area contributed by atoms with Gasteiger partial charge < -0.3 is 15.2 Å². The summed E-state index contributed by atoms with van der Waals surface area (Å²) in [5.74, 6) is 0.849. The summed E-state index contributed by atoms with van der Waals surface area (Å²) in [6.45, 7) is 2.06. The van der Waals surface area contributed by atoms with Crippen LogP contribution in [0, 0.1) is 6.92 Å². The number of hydrogen-bond acceptors (Lipinski definition) is 5. The van der Waals surface area contributed by atoms with Crippen LogP contribution in [0.4, 0.5) is 19.0 Å². The van der Waals surface area contributed by atoms with Crippen LogP contribution in [0.2, 0.25) is 0 Å². The van der Waals surface area contributed by atoms with Gasteiger partial charge in [0.15, 0.2) is 0 Å². The highest BCUT2D eigenvalue weighted by molar-refractivity contribution is 5.89. The van der Waals surface area contributed by atoms with E-state index < -0.39 is 17.8 Å². The van der Waals surface area contributed by atoms with Crippen molar-refractivity contribution in [1.82, 2.24) is 9.97 Å². The number of ether oxygens (including phenoxy) is 1. The number of benzene rings is 2. The molecule has 142 valence electrons. The van der Waals surface area contributed by atoms with E-state index in [4.69, 9.17) is 4.74 Å². The third-order valence-electron chi connectivity index (χ3n) is 3.92. The minimum atomic E-state index is -4.39. The normalized spacial score (nSPS) is 12.8. The van der Waals surface area contributed by atoms with Gasteiger partial charge >= 0.3 is 6.18 Å². The molecular weight excluding hydrogens is 359 g/mol. The van der Waals surface area contributed by atoms with Crippen molar-refractivity contribution in [3.05, 3.63) is 59.9 Å². The zero-order valence-corrected chi connectivity index (χ0v) is 14.5. The maximum absolute atomic E-state index is 12.5. The Morgan fingerprint density at radius 1 is 1.11 bits per heavy atom. The Morgan fingerprint density at radius 2 is 1.85 bits per heavy atom. The molecule has 2 aromatic carbocycles. The predicted molar refractivity (Wildman–Crippen MR) is 95.7 cm³/mol. The van der Waals surface area contributed by atoms with Crippen LogP contribution >= 0.6 is 0 Å². The van der Waals surface area contributed by atoms with Gasteiger partial charge in [0.1, 0.15) is 30.6 Å². The number of aliphatic hydroxyl groups excluding tert-OH is 1. The number of halogens is 3. The van der Waals surface area contributed by atoms with Gasteiger partial charge in [0.05, 0.1) is 11.1 Å². The van der Waals surface area contributed by atoms with E-state index in [1.54, 1.807) is 0 Å². The third-order valence-corrected chi connectivity index (χ3v) is 3.92. The molecule has 3 rings (SSSR count). The van der Waals surface area contributed by atoms with E-state index in [9.17, 15) is 18.3 Å². The molecule has 2 N–H and O–H groups in total. The number of nitrogens with one attached hydrogen (secondary N) is 1. The lowest BCUT2D eigenvalue weighted by molar-refractivity contribution is -0.137. The first-order valence-corrected chi connectivity index (χ1v) is 8.26. The van der Waals surface area contributed by atoms with Crippen LogP contribution in [-0.4, -0.2) is 34.3 Å². The van der Waals surface area contributed by atoms with Gasteiger partial charge in [-0.05, 0) is 43.3 Å². The summed E-state index contributed by atoms with van der Waals surface area (Å²) in [6, 6.07) is 10.1. The Morgan fingerprint density at radius 3 is 2.56 bits per heavy atom. The van der Waals surface area contributed by atoms with Gasteiger partial charge in [0, 0.05) is 11.9 Å². The summed E-state index contributed by atoms with van der Waals surface area (Å²) in [5.41, 5.74) is 1.10. The summed E-state index contributed by atoms with van der Waals surface area (Å²) >= 11 is 0. The van der Waals surface area contributed by atoms with Crippen LogP contribution < -0.4 is 10.1 Å². The van der Waals surface area contributed by atoms with Crippen LogP contribution in [0.15, 0.2) is 48.8 Å². The minimum Gasteiger partial charge on any atom is -0.491 e. The zero-order chi connectivity index (χ0) is 19.4. The van der Waals surface area contributed by atoms with Gasteiger partial charge in [0.25, 0.3) is 0 Å². The predicted octanol–water partition coefficient (Wildman–Crippen LogP) is 3.81. The number of anilines is 1. The Labute approximate surface area is 153 Å². The summed E-state index contributed by atoms with van der Waals surface area (Å²) in [6.07, 6.45) is -3.83. The van der Waals surface area contributed by atoms with Crippen molar-refractivity contribution in [3.8, 4) is 5.75 Å². The quantitative estimate of drug-likeness (QED) is 0.684. The molecule has 0 aliphatic rings. The molecule has 27 heavy (non-hydrogen) atoms. The monoisotopic (exact) mass is 377 g/mol. The molecule has 3 aromatic rings. The van der Waals surface area contributed by atoms with Crippen molar-refractivity contribution < 1.29 is 23.0 Å². The SMILES string of the molecule is Cc1ccc2ncnc(NCC(O)COc3ccc(C(F)(F)F)cc3)c2c1. The molecule has 8 heteroatoms. The Hall–Kier alpha value is -2.87. The second-order valence-electron chi connectivity index (χ2n) is 6.11. The van der Waals surface area contributed by atoms with E-state index >= 15 is 0 Å². The van der Waals surface area contributed by atoms with Crippen LogP contribution in [-0.2, 0) is 6.18 Å². The number of rotatable bonds is 6. The van der Waals surface area contributed by atoms with Crippen molar-refractivity contribution in [2.24, 2.45) is 0 Å². The molecule has 0 aliphatic carbocycles. The number of aromatic nitrogens is 2. The van der Waals surface area contributed by atoms with Crippen LogP contribution in [0.25, 0.3) is 10.9 Å². The molecule has 1 unspecified atom stereocenters. The van der Waals surface area contributed by atoms with Crippen molar-refractivity contribution in [2.75, 3.05) is 18.5 Å². The third kappa shape index (κ3) is 4.85. The van der Waals surface area contributed by atoms with Gasteiger partial charge in [-0.25, -0.2) is 9.97 Å². The molecule has 0 saturated carbocycles. The topological polar surface area (TPSA) is 67.3 Å². The van der Waals surface area contributed by atoms with E-state index in [2.05, 4.69) is 15.3 Å². The van der Waals surface area contributed by atoms with E-state index in [1.165, 1.54) is 18.5 Å². The highest BCUT2D eigenvalue weighted by Crippen LogP contribution is 2.30. The van der Waals surface area contributed by atoms with Gasteiger partial charge in [-0.15, -0.1) is 0 Å². The fourth-order valence-electron chi connectivity index (χ4n) is 2.52. The number of hydrogen-bond donors (Lipinski definition) is 2. The van der Waals surface area contributed by atoms with Crippen LogP contribution in [0.5, 0.6) is 5.75 Å². The molecule has 1 atom stereocenters. The van der Waals surface area contributed by atoms with Crippen LogP contribution in [0.1, 0.15) is 11.1 Å². The molecule has 0 amide bonds. The molecule has 0 bridgehead atoms. The number of fused-ring (bicyclic) bond motifs is 1. The van der Waals surface area contributed by atoms with Gasteiger partial charge in [-0.2, -0.15) is 13.2 Å². The first-order chi connectivity index (χ1) is 12.8. The molecule has 1 aromatic heterocycles. The number of aliphatic hydroxyl groups is 1. The van der Waals surface area contributed by atoms with Gasteiger partial charge in [0.2, 0.25) is 0 Å². The van der Waals surface area contributed by atoms with Crippen molar-refractivity contribution in [3.63, 3.8) is 0 Å². The highest BCUT2D eigenvalue weighted by Gasteiger charge is 2.30. The van der Waals surface area contributed by atoms with E-state index in [1.807, 2.05) is 25.1 Å². The average molecular weight is 377 g/mol. The molecule has 5 nitrogen and oxygen atoms in total. The molecule has 0 spiro atoms. The Kier molecular flexibility index (Phi) is 5.46. The molecule has 0 aliphatic heterocycles. The van der Waals surface area contributed by atoms with E-state index in [-0.39, 0.29) is 18.9 Å². The zero-order valence-electron chi connectivity index (χ0n) is 14.5. The van der Waals surface area contributed by atoms with E-state index in [0.717, 1.165) is 28.6 Å². The second-order valence-corrected chi connectivity index (χ2v) is 6.11. The first-order valence-electron chi connectivity index (χ1n) is 8.26. The molecule has 0 saturated heterocycles.